The second-order valence-electron chi connectivity index (χ2n) is 6.41. The lowest BCUT2D eigenvalue weighted by atomic mass is 10.2. The zero-order chi connectivity index (χ0) is 20.9. The molecule has 0 aliphatic carbocycles. The van der Waals surface area contributed by atoms with Crippen LogP contribution in [0.15, 0.2) is 66.3 Å². The largest absolute Gasteiger partial charge is 0.489 e. The molecule has 4 aromatic rings. The van der Waals surface area contributed by atoms with Crippen LogP contribution in [0.25, 0.3) is 0 Å². The molecule has 0 bridgehead atoms. The van der Waals surface area contributed by atoms with Crippen LogP contribution in [0.2, 0.25) is 5.02 Å². The highest BCUT2D eigenvalue weighted by atomic mass is 35.5. The van der Waals surface area contributed by atoms with E-state index >= 15 is 0 Å². The van der Waals surface area contributed by atoms with Crippen molar-refractivity contribution in [2.45, 2.75) is 13.2 Å². The van der Waals surface area contributed by atoms with Gasteiger partial charge in [-0.25, -0.2) is 14.1 Å². The molecule has 0 spiro atoms. The third-order valence-electron chi connectivity index (χ3n) is 4.12. The average molecular weight is 443 g/mol. The first kappa shape index (κ1) is 20.1. The lowest BCUT2D eigenvalue weighted by Crippen LogP contribution is -2.12. The van der Waals surface area contributed by atoms with Crippen LogP contribution in [0.5, 0.6) is 5.75 Å². The van der Waals surface area contributed by atoms with Crippen molar-refractivity contribution < 1.29 is 13.9 Å². The number of benzene rings is 2. The molecule has 1 amide bonds. The minimum absolute atomic E-state index is 0.228. The van der Waals surface area contributed by atoms with E-state index in [-0.39, 0.29) is 24.3 Å². The Bertz CT molecular complexity index is 1140. The third-order valence-corrected chi connectivity index (χ3v) is 5.35. The maximum absolute atomic E-state index is 12.9. The number of halogens is 2. The van der Waals surface area contributed by atoms with Crippen molar-refractivity contribution in [3.05, 3.63) is 93.1 Å². The molecule has 0 saturated carbocycles. The summed E-state index contributed by atoms with van der Waals surface area (Å²) >= 11 is 7.19. The Hall–Kier alpha value is -3.23. The SMILES string of the molecule is O=C(Nc1ncn(Cc2ccc(Cl)cc2)n1)c1cc(COc2ccc(F)cc2)cs1. The highest BCUT2D eigenvalue weighted by molar-refractivity contribution is 7.12. The van der Waals surface area contributed by atoms with Crippen LogP contribution in [0, 0.1) is 5.82 Å². The molecule has 0 saturated heterocycles. The number of hydrogen-bond acceptors (Lipinski definition) is 5. The number of hydrogen-bond donors (Lipinski definition) is 1. The fraction of sp³-hybridized carbons (Fsp3) is 0.0952. The Balaban J connectivity index is 1.32. The summed E-state index contributed by atoms with van der Waals surface area (Å²) in [6.45, 7) is 0.799. The first-order valence-corrected chi connectivity index (χ1v) is 10.2. The normalized spacial score (nSPS) is 10.7. The molecular weight excluding hydrogens is 427 g/mol. The van der Waals surface area contributed by atoms with Crippen molar-refractivity contribution in [2.75, 3.05) is 5.32 Å². The van der Waals surface area contributed by atoms with Crippen LogP contribution in [0.1, 0.15) is 20.8 Å². The van der Waals surface area contributed by atoms with Crippen molar-refractivity contribution in [1.82, 2.24) is 14.8 Å². The number of carbonyl (C=O) groups is 1. The van der Waals surface area contributed by atoms with Gasteiger partial charge < -0.3 is 4.74 Å². The van der Waals surface area contributed by atoms with Crippen molar-refractivity contribution in [2.24, 2.45) is 0 Å². The first-order valence-electron chi connectivity index (χ1n) is 8.96. The summed E-state index contributed by atoms with van der Waals surface area (Å²) < 4.78 is 20.2. The zero-order valence-electron chi connectivity index (χ0n) is 15.6. The molecule has 6 nitrogen and oxygen atoms in total. The van der Waals surface area contributed by atoms with E-state index in [1.165, 1.54) is 23.5 Å². The maximum Gasteiger partial charge on any atom is 0.268 e. The second kappa shape index (κ2) is 9.06. The van der Waals surface area contributed by atoms with E-state index in [1.54, 1.807) is 29.2 Å². The van der Waals surface area contributed by atoms with E-state index < -0.39 is 0 Å². The van der Waals surface area contributed by atoms with Crippen LogP contribution < -0.4 is 10.1 Å². The Morgan fingerprint density at radius 2 is 1.90 bits per heavy atom. The number of amides is 1. The third kappa shape index (κ3) is 5.22. The molecule has 0 unspecified atom stereocenters. The predicted molar refractivity (Wildman–Crippen MR) is 114 cm³/mol. The molecule has 9 heteroatoms. The van der Waals surface area contributed by atoms with Gasteiger partial charge in [-0.2, -0.15) is 0 Å². The summed E-state index contributed by atoms with van der Waals surface area (Å²) in [6.07, 6.45) is 1.56. The molecule has 0 radical (unpaired) electrons. The molecular formula is C21H16ClFN4O2S. The molecule has 0 atom stereocenters. The molecule has 2 heterocycles. The van der Waals surface area contributed by atoms with Gasteiger partial charge in [0.2, 0.25) is 5.95 Å². The van der Waals surface area contributed by atoms with Crippen LogP contribution in [-0.2, 0) is 13.2 Å². The molecule has 0 aliphatic heterocycles. The molecule has 30 heavy (non-hydrogen) atoms. The fourth-order valence-corrected chi connectivity index (χ4v) is 3.55. The minimum atomic E-state index is -0.318. The highest BCUT2D eigenvalue weighted by Crippen LogP contribution is 2.19. The Kier molecular flexibility index (Phi) is 6.06. The van der Waals surface area contributed by atoms with Crippen molar-refractivity contribution >= 4 is 34.8 Å². The van der Waals surface area contributed by atoms with Gasteiger partial charge in [0.05, 0.1) is 11.4 Å². The fourth-order valence-electron chi connectivity index (χ4n) is 2.64. The molecule has 4 rings (SSSR count). The summed E-state index contributed by atoms with van der Waals surface area (Å²) in [4.78, 5) is 17.1. The van der Waals surface area contributed by atoms with E-state index in [1.807, 2.05) is 29.6 Å². The van der Waals surface area contributed by atoms with Crippen molar-refractivity contribution in [1.29, 1.82) is 0 Å². The number of thiophene rings is 1. The van der Waals surface area contributed by atoms with Gasteiger partial charge in [-0.05, 0) is 53.4 Å². The summed E-state index contributed by atoms with van der Waals surface area (Å²) in [7, 11) is 0. The van der Waals surface area contributed by atoms with Crippen LogP contribution in [0.3, 0.4) is 0 Å². The number of aromatic nitrogens is 3. The van der Waals surface area contributed by atoms with Gasteiger partial charge in [-0.15, -0.1) is 16.4 Å². The molecule has 1 N–H and O–H groups in total. The van der Waals surface area contributed by atoms with E-state index in [0.29, 0.717) is 22.2 Å². The molecule has 0 fully saturated rings. The molecule has 2 aromatic heterocycles. The summed E-state index contributed by atoms with van der Waals surface area (Å²) in [5.41, 5.74) is 1.86. The molecule has 152 valence electrons. The standard InChI is InChI=1S/C21H16ClFN4O2S/c22-16-3-1-14(2-4-16)10-27-13-24-21(26-27)25-20(28)19-9-15(12-30-19)11-29-18-7-5-17(23)6-8-18/h1-9,12-13H,10-11H2,(H,25,26,28). The molecule has 0 aliphatic rings. The number of nitrogens with one attached hydrogen (secondary N) is 1. The van der Waals surface area contributed by atoms with Crippen LogP contribution in [-0.4, -0.2) is 20.7 Å². The second-order valence-corrected chi connectivity index (χ2v) is 7.76. The van der Waals surface area contributed by atoms with Gasteiger partial charge >= 0.3 is 0 Å². The van der Waals surface area contributed by atoms with Gasteiger partial charge in [0.25, 0.3) is 5.91 Å². The van der Waals surface area contributed by atoms with Gasteiger partial charge in [0.1, 0.15) is 24.5 Å². The van der Waals surface area contributed by atoms with E-state index in [4.69, 9.17) is 16.3 Å². The summed E-state index contributed by atoms with van der Waals surface area (Å²) in [5, 5.41) is 9.47. The Morgan fingerprint density at radius 3 is 2.67 bits per heavy atom. The minimum Gasteiger partial charge on any atom is -0.489 e. The molecule has 2 aromatic carbocycles. The first-order chi connectivity index (χ1) is 14.5. The smallest absolute Gasteiger partial charge is 0.268 e. The van der Waals surface area contributed by atoms with E-state index in [9.17, 15) is 9.18 Å². The highest BCUT2D eigenvalue weighted by Gasteiger charge is 2.12. The quantitative estimate of drug-likeness (QED) is 0.436. The Morgan fingerprint density at radius 1 is 1.13 bits per heavy atom. The van der Waals surface area contributed by atoms with Gasteiger partial charge in [-0.1, -0.05) is 23.7 Å². The number of ether oxygens (including phenoxy) is 1. The number of rotatable bonds is 7. The zero-order valence-corrected chi connectivity index (χ0v) is 17.2. The lowest BCUT2D eigenvalue weighted by Gasteiger charge is -2.04. The summed E-state index contributed by atoms with van der Waals surface area (Å²) in [6, 6.07) is 15.0. The maximum atomic E-state index is 12.9. The lowest BCUT2D eigenvalue weighted by molar-refractivity contribution is 0.102. The van der Waals surface area contributed by atoms with E-state index in [2.05, 4.69) is 15.4 Å². The predicted octanol–water partition coefficient (Wildman–Crippen LogP) is 5.01. The average Bonchev–Trinajstić information content (AvgIpc) is 3.39. The summed E-state index contributed by atoms with van der Waals surface area (Å²) in [5.74, 6) is 0.175. The van der Waals surface area contributed by atoms with Crippen LogP contribution >= 0.6 is 22.9 Å². The monoisotopic (exact) mass is 442 g/mol. The van der Waals surface area contributed by atoms with E-state index in [0.717, 1.165) is 11.1 Å². The number of carbonyl (C=O) groups excluding carboxylic acids is 1. The number of anilines is 1. The van der Waals surface area contributed by atoms with Gasteiger partial charge in [0, 0.05) is 10.6 Å². The number of nitrogens with zero attached hydrogens (tertiary/aromatic N) is 3. The van der Waals surface area contributed by atoms with Crippen LogP contribution in [0.4, 0.5) is 10.3 Å². The van der Waals surface area contributed by atoms with Gasteiger partial charge in [0.15, 0.2) is 0 Å². The van der Waals surface area contributed by atoms with Crippen molar-refractivity contribution in [3.63, 3.8) is 0 Å². The topological polar surface area (TPSA) is 69.0 Å². The Labute approximate surface area is 180 Å². The van der Waals surface area contributed by atoms with Gasteiger partial charge in [-0.3, -0.25) is 10.1 Å². The van der Waals surface area contributed by atoms with Crippen molar-refractivity contribution in [3.8, 4) is 5.75 Å².